The molecule has 0 atom stereocenters. The highest BCUT2D eigenvalue weighted by molar-refractivity contribution is 9.09. The number of nitrogens with zero attached hydrogens (tertiary/aromatic N) is 1. The molecule has 0 fully saturated rings. The summed E-state index contributed by atoms with van der Waals surface area (Å²) in [5, 5.41) is 1.40. The van der Waals surface area contributed by atoms with E-state index in [-0.39, 0.29) is 5.91 Å². The van der Waals surface area contributed by atoms with Gasteiger partial charge in [0.25, 0.3) is 5.91 Å². The van der Waals surface area contributed by atoms with E-state index in [1.54, 1.807) is 6.07 Å². The van der Waals surface area contributed by atoms with Crippen molar-refractivity contribution in [1.29, 1.82) is 0 Å². The second kappa shape index (κ2) is 7.80. The average molecular weight is 333 g/mol. The molecule has 1 aromatic carbocycles. The number of carbonyl (C=O) groups excluding carboxylic acids is 1. The van der Waals surface area contributed by atoms with E-state index in [1.165, 1.54) is 0 Å². The Balaban J connectivity index is 2.90. The Morgan fingerprint density at radius 2 is 2.11 bits per heavy atom. The molecule has 0 bridgehead atoms. The van der Waals surface area contributed by atoms with Gasteiger partial charge < -0.3 is 4.90 Å². The highest BCUT2D eigenvalue weighted by Gasteiger charge is 2.16. The van der Waals surface area contributed by atoms with E-state index in [0.29, 0.717) is 10.6 Å². The molecule has 0 aromatic heterocycles. The predicted octanol–water partition coefficient (Wildman–Crippen LogP) is 4.29. The van der Waals surface area contributed by atoms with Crippen LogP contribution in [0, 0.1) is 6.92 Å². The van der Waals surface area contributed by atoms with Crippen LogP contribution in [0.5, 0.6) is 0 Å². The molecule has 1 aromatic rings. The average Bonchev–Trinajstić information content (AvgIpc) is 2.36. The van der Waals surface area contributed by atoms with Crippen LogP contribution in [0.4, 0.5) is 0 Å². The first-order valence-corrected chi connectivity index (χ1v) is 7.71. The van der Waals surface area contributed by atoms with E-state index in [2.05, 4.69) is 22.9 Å². The van der Waals surface area contributed by atoms with Crippen molar-refractivity contribution in [2.45, 2.75) is 26.7 Å². The third-order valence-electron chi connectivity index (χ3n) is 2.85. The summed E-state index contributed by atoms with van der Waals surface area (Å²) in [5.41, 5.74) is 1.68. The molecule has 18 heavy (non-hydrogen) atoms. The van der Waals surface area contributed by atoms with Gasteiger partial charge in [-0.2, -0.15) is 0 Å². The quantitative estimate of drug-likeness (QED) is 0.712. The van der Waals surface area contributed by atoms with Crippen molar-refractivity contribution in [2.75, 3.05) is 18.4 Å². The molecular formula is C14H19BrClNO. The summed E-state index contributed by atoms with van der Waals surface area (Å²) in [5.74, 6) is 0.0721. The fourth-order valence-corrected chi connectivity index (χ4v) is 2.36. The number of rotatable bonds is 6. The Morgan fingerprint density at radius 1 is 1.39 bits per heavy atom. The van der Waals surface area contributed by atoms with Crippen LogP contribution in [0.3, 0.4) is 0 Å². The van der Waals surface area contributed by atoms with Crippen molar-refractivity contribution in [3.8, 4) is 0 Å². The lowest BCUT2D eigenvalue weighted by molar-refractivity contribution is 0.0763. The Kier molecular flexibility index (Phi) is 6.72. The summed E-state index contributed by atoms with van der Waals surface area (Å²) in [7, 11) is 0. The number of aryl methyl sites for hydroxylation is 1. The van der Waals surface area contributed by atoms with Gasteiger partial charge in [-0.1, -0.05) is 46.9 Å². The van der Waals surface area contributed by atoms with Crippen LogP contribution in [0.25, 0.3) is 0 Å². The fourth-order valence-electron chi connectivity index (χ4n) is 1.76. The van der Waals surface area contributed by atoms with Crippen molar-refractivity contribution in [3.05, 3.63) is 34.3 Å². The highest BCUT2D eigenvalue weighted by atomic mass is 79.9. The summed E-state index contributed by atoms with van der Waals surface area (Å²) < 4.78 is 0. The molecule has 1 rings (SSSR count). The summed E-state index contributed by atoms with van der Waals surface area (Å²) >= 11 is 9.36. The van der Waals surface area contributed by atoms with Crippen molar-refractivity contribution < 1.29 is 4.79 Å². The van der Waals surface area contributed by atoms with Gasteiger partial charge in [0.05, 0.1) is 0 Å². The Hall–Kier alpha value is -0.540. The first-order chi connectivity index (χ1) is 8.60. The smallest absolute Gasteiger partial charge is 0.254 e. The molecule has 0 N–H and O–H groups in total. The molecule has 0 spiro atoms. The normalized spacial score (nSPS) is 10.4. The van der Waals surface area contributed by atoms with Gasteiger partial charge in [-0.05, 0) is 31.0 Å². The summed E-state index contributed by atoms with van der Waals surface area (Å²) in [6, 6.07) is 5.46. The van der Waals surface area contributed by atoms with Crippen molar-refractivity contribution >= 4 is 33.4 Å². The standard InChI is InChI=1S/C14H19BrClNO/c1-3-4-8-17(9-7-15)14(18)13-10-12(16)6-5-11(13)2/h5-6,10H,3-4,7-9H2,1-2H3. The van der Waals surface area contributed by atoms with Crippen LogP contribution in [0.1, 0.15) is 35.7 Å². The molecule has 0 saturated heterocycles. The van der Waals surface area contributed by atoms with Gasteiger partial charge in [-0.3, -0.25) is 4.79 Å². The van der Waals surface area contributed by atoms with Gasteiger partial charge in [0.1, 0.15) is 0 Å². The summed E-state index contributed by atoms with van der Waals surface area (Å²) in [4.78, 5) is 14.3. The second-order valence-electron chi connectivity index (χ2n) is 4.29. The number of benzene rings is 1. The first-order valence-electron chi connectivity index (χ1n) is 6.21. The maximum atomic E-state index is 12.5. The van der Waals surface area contributed by atoms with Crippen LogP contribution in [0.15, 0.2) is 18.2 Å². The zero-order chi connectivity index (χ0) is 13.5. The Morgan fingerprint density at radius 3 is 2.72 bits per heavy atom. The van der Waals surface area contributed by atoms with E-state index >= 15 is 0 Å². The monoisotopic (exact) mass is 331 g/mol. The largest absolute Gasteiger partial charge is 0.338 e. The minimum Gasteiger partial charge on any atom is -0.338 e. The van der Waals surface area contributed by atoms with E-state index < -0.39 is 0 Å². The fraction of sp³-hybridized carbons (Fsp3) is 0.500. The molecule has 0 aliphatic rings. The van der Waals surface area contributed by atoms with Crippen LogP contribution in [-0.4, -0.2) is 29.2 Å². The first kappa shape index (κ1) is 15.5. The SMILES string of the molecule is CCCCN(CCBr)C(=O)c1cc(Cl)ccc1C. The predicted molar refractivity (Wildman–Crippen MR) is 80.8 cm³/mol. The number of alkyl halides is 1. The maximum Gasteiger partial charge on any atom is 0.254 e. The number of hydrogen-bond acceptors (Lipinski definition) is 1. The zero-order valence-corrected chi connectivity index (χ0v) is 13.2. The van der Waals surface area contributed by atoms with Gasteiger partial charge >= 0.3 is 0 Å². The lowest BCUT2D eigenvalue weighted by Gasteiger charge is -2.22. The molecule has 0 heterocycles. The van der Waals surface area contributed by atoms with E-state index in [9.17, 15) is 4.79 Å². The van der Waals surface area contributed by atoms with Crippen LogP contribution in [-0.2, 0) is 0 Å². The maximum absolute atomic E-state index is 12.5. The number of carbonyl (C=O) groups is 1. The van der Waals surface area contributed by atoms with E-state index in [1.807, 2.05) is 24.0 Å². The van der Waals surface area contributed by atoms with Crippen molar-refractivity contribution in [2.24, 2.45) is 0 Å². The van der Waals surface area contributed by atoms with Crippen molar-refractivity contribution in [3.63, 3.8) is 0 Å². The highest BCUT2D eigenvalue weighted by Crippen LogP contribution is 2.17. The Bertz CT molecular complexity index is 409. The van der Waals surface area contributed by atoms with Crippen LogP contribution in [0.2, 0.25) is 5.02 Å². The minimum absolute atomic E-state index is 0.0721. The van der Waals surface area contributed by atoms with Gasteiger partial charge in [0.2, 0.25) is 0 Å². The van der Waals surface area contributed by atoms with Crippen LogP contribution >= 0.6 is 27.5 Å². The van der Waals surface area contributed by atoms with Gasteiger partial charge in [-0.15, -0.1) is 0 Å². The van der Waals surface area contributed by atoms with Gasteiger partial charge in [-0.25, -0.2) is 0 Å². The van der Waals surface area contributed by atoms with Crippen molar-refractivity contribution in [1.82, 2.24) is 4.90 Å². The molecule has 0 aliphatic heterocycles. The molecule has 1 amide bonds. The topological polar surface area (TPSA) is 20.3 Å². The van der Waals surface area contributed by atoms with E-state index in [4.69, 9.17) is 11.6 Å². The number of halogens is 2. The molecule has 100 valence electrons. The molecule has 4 heteroatoms. The zero-order valence-electron chi connectivity index (χ0n) is 10.9. The van der Waals surface area contributed by atoms with E-state index in [0.717, 1.165) is 36.8 Å². The minimum atomic E-state index is 0.0721. The van der Waals surface area contributed by atoms with Gasteiger partial charge in [0, 0.05) is 29.0 Å². The molecule has 0 radical (unpaired) electrons. The summed E-state index contributed by atoms with van der Waals surface area (Å²) in [6.07, 6.45) is 2.11. The molecule has 0 aliphatic carbocycles. The molecule has 0 unspecified atom stereocenters. The third-order valence-corrected chi connectivity index (χ3v) is 3.44. The second-order valence-corrected chi connectivity index (χ2v) is 5.52. The lowest BCUT2D eigenvalue weighted by atomic mass is 10.1. The number of hydrogen-bond donors (Lipinski definition) is 0. The molecule has 0 saturated carbocycles. The van der Waals surface area contributed by atoms with Gasteiger partial charge in [0.15, 0.2) is 0 Å². The number of unbranched alkanes of at least 4 members (excludes halogenated alkanes) is 1. The molecular weight excluding hydrogens is 314 g/mol. The lowest BCUT2D eigenvalue weighted by Crippen LogP contribution is -2.34. The Labute approximate surface area is 122 Å². The molecule has 2 nitrogen and oxygen atoms in total. The number of amides is 1. The van der Waals surface area contributed by atoms with Crippen LogP contribution < -0.4 is 0 Å². The third kappa shape index (κ3) is 4.29. The summed E-state index contributed by atoms with van der Waals surface area (Å²) in [6.45, 7) is 5.59.